The van der Waals surface area contributed by atoms with Crippen molar-refractivity contribution in [3.63, 3.8) is 0 Å². The molecule has 5 aromatic rings. The third kappa shape index (κ3) is 4.77. The molecule has 0 fully saturated rings. The molecule has 0 radical (unpaired) electrons. The van der Waals surface area contributed by atoms with E-state index in [-0.39, 0.29) is 6.42 Å². The second-order valence-electron chi connectivity index (χ2n) is 9.03. The highest BCUT2D eigenvalue weighted by Crippen LogP contribution is 2.29. The Morgan fingerprint density at radius 1 is 1.11 bits per heavy atom. The Bertz CT molecular complexity index is 1600. The minimum Gasteiger partial charge on any atom is -0.493 e. The number of aliphatic carboxylic acids is 1. The number of hydrogen-bond acceptors (Lipinski definition) is 8. The van der Waals surface area contributed by atoms with Gasteiger partial charge in [0.05, 0.1) is 30.8 Å². The van der Waals surface area contributed by atoms with E-state index in [0.29, 0.717) is 29.8 Å². The zero-order valence-electron chi connectivity index (χ0n) is 20.0. The number of hydrogen-bond donors (Lipinski definition) is 2. The number of aryl methyl sites for hydroxylation is 1. The fourth-order valence-corrected chi connectivity index (χ4v) is 4.72. The zero-order chi connectivity index (χ0) is 25.2. The standard InChI is InChI=1S/C27H25N7O3/c35-25(36)14-24(19-13-22-27(31-15-19)30-10-9-28-22)34-23-6-5-21(12-18(23)16-32-34)37-11-7-20-4-3-17-2-1-8-29-26(17)33-20/h3-6,9-10,12-13,15-16,24H,1-2,7-8,11,14H2,(H,29,33)(H,35,36)/t24-/m0/s1. The minimum atomic E-state index is -0.932. The molecule has 37 heavy (non-hydrogen) atoms. The van der Waals surface area contributed by atoms with Gasteiger partial charge in [-0.05, 0) is 54.3 Å². The molecule has 6 rings (SSSR count). The van der Waals surface area contributed by atoms with Crippen molar-refractivity contribution in [3.8, 4) is 5.75 Å². The molecule has 0 aliphatic carbocycles. The maximum absolute atomic E-state index is 11.7. The number of rotatable bonds is 8. The van der Waals surface area contributed by atoms with E-state index in [1.54, 1.807) is 29.5 Å². The molecular weight excluding hydrogens is 470 g/mol. The molecule has 1 atom stereocenters. The fraction of sp³-hybridized carbons (Fsp3) is 0.259. The third-order valence-corrected chi connectivity index (χ3v) is 6.54. The van der Waals surface area contributed by atoms with Crippen molar-refractivity contribution >= 4 is 33.9 Å². The summed E-state index contributed by atoms with van der Waals surface area (Å²) < 4.78 is 7.73. The first-order valence-corrected chi connectivity index (χ1v) is 12.3. The van der Waals surface area contributed by atoms with Crippen LogP contribution in [0.3, 0.4) is 0 Å². The summed E-state index contributed by atoms with van der Waals surface area (Å²) in [5.41, 5.74) is 4.88. The van der Waals surface area contributed by atoms with E-state index in [9.17, 15) is 9.90 Å². The van der Waals surface area contributed by atoms with Crippen LogP contribution in [-0.2, 0) is 17.6 Å². The zero-order valence-corrected chi connectivity index (χ0v) is 20.0. The molecule has 186 valence electrons. The Hall–Kier alpha value is -4.60. The number of benzene rings is 1. The van der Waals surface area contributed by atoms with Crippen molar-refractivity contribution < 1.29 is 14.6 Å². The summed E-state index contributed by atoms with van der Waals surface area (Å²) in [4.78, 5) is 29.3. The first-order valence-electron chi connectivity index (χ1n) is 12.3. The molecule has 10 heteroatoms. The SMILES string of the molecule is O=C(O)C[C@@H](c1cnc2nccnc2c1)n1ncc2cc(OCCc3ccc4c(n3)NCCC4)ccc21. The Balaban J connectivity index is 1.21. The van der Waals surface area contributed by atoms with Gasteiger partial charge in [-0.3, -0.25) is 14.5 Å². The molecular formula is C27H25N7O3. The van der Waals surface area contributed by atoms with Gasteiger partial charge >= 0.3 is 5.97 Å². The van der Waals surface area contributed by atoms with Crippen LogP contribution < -0.4 is 10.1 Å². The lowest BCUT2D eigenvalue weighted by Gasteiger charge is -2.18. The van der Waals surface area contributed by atoms with Crippen LogP contribution in [0.2, 0.25) is 0 Å². The topological polar surface area (TPSA) is 128 Å². The van der Waals surface area contributed by atoms with Gasteiger partial charge in [0.2, 0.25) is 0 Å². The summed E-state index contributed by atoms with van der Waals surface area (Å²) in [6.07, 6.45) is 9.28. The lowest BCUT2D eigenvalue weighted by atomic mass is 10.1. The average Bonchev–Trinajstić information content (AvgIpc) is 3.34. The summed E-state index contributed by atoms with van der Waals surface area (Å²) in [5.74, 6) is 0.779. The molecule has 0 spiro atoms. The predicted octanol–water partition coefficient (Wildman–Crippen LogP) is 3.81. The van der Waals surface area contributed by atoms with Gasteiger partial charge in [0.1, 0.15) is 17.1 Å². The largest absolute Gasteiger partial charge is 0.493 e. The molecule has 0 saturated carbocycles. The van der Waals surface area contributed by atoms with E-state index < -0.39 is 12.0 Å². The number of nitrogens with one attached hydrogen (secondary N) is 1. The van der Waals surface area contributed by atoms with Crippen LogP contribution in [0.25, 0.3) is 22.1 Å². The second kappa shape index (κ2) is 9.81. The van der Waals surface area contributed by atoms with E-state index in [1.165, 1.54) is 5.56 Å². The second-order valence-corrected chi connectivity index (χ2v) is 9.03. The van der Waals surface area contributed by atoms with E-state index in [2.05, 4.69) is 37.5 Å². The number of nitrogens with zero attached hydrogens (tertiary/aromatic N) is 6. The van der Waals surface area contributed by atoms with Crippen LogP contribution in [0, 0.1) is 0 Å². The van der Waals surface area contributed by atoms with E-state index in [1.807, 2.05) is 24.3 Å². The molecule has 2 N–H and O–H groups in total. The summed E-state index contributed by atoms with van der Waals surface area (Å²) in [5, 5.41) is 18.4. The Kier molecular flexibility index (Phi) is 6.05. The molecule has 4 aromatic heterocycles. The maximum Gasteiger partial charge on any atom is 0.305 e. The number of carboxylic acid groups (broad SMARTS) is 1. The summed E-state index contributed by atoms with van der Waals surface area (Å²) >= 11 is 0. The number of fused-ring (bicyclic) bond motifs is 3. The molecule has 1 aliphatic rings. The van der Waals surface area contributed by atoms with Gasteiger partial charge < -0.3 is 15.2 Å². The Labute approximate surface area is 212 Å². The van der Waals surface area contributed by atoms with Gasteiger partial charge in [0.25, 0.3) is 0 Å². The fourth-order valence-electron chi connectivity index (χ4n) is 4.72. The molecule has 10 nitrogen and oxygen atoms in total. The number of carboxylic acids is 1. The van der Waals surface area contributed by atoms with Crippen molar-refractivity contribution in [1.82, 2.24) is 29.7 Å². The number of anilines is 1. The van der Waals surface area contributed by atoms with Crippen molar-refractivity contribution in [3.05, 3.63) is 78.0 Å². The summed E-state index contributed by atoms with van der Waals surface area (Å²) in [6, 6.07) is 11.2. The first kappa shape index (κ1) is 22.8. The number of carbonyl (C=O) groups is 1. The molecule has 1 aliphatic heterocycles. The molecule has 1 aromatic carbocycles. The van der Waals surface area contributed by atoms with Crippen molar-refractivity contribution in [2.75, 3.05) is 18.5 Å². The van der Waals surface area contributed by atoms with Crippen molar-refractivity contribution in [1.29, 1.82) is 0 Å². The van der Waals surface area contributed by atoms with E-state index in [0.717, 1.165) is 47.6 Å². The van der Waals surface area contributed by atoms with Crippen LogP contribution >= 0.6 is 0 Å². The molecule has 0 amide bonds. The highest BCUT2D eigenvalue weighted by molar-refractivity contribution is 5.81. The minimum absolute atomic E-state index is 0.148. The molecule has 0 saturated heterocycles. The van der Waals surface area contributed by atoms with Crippen molar-refractivity contribution in [2.24, 2.45) is 0 Å². The van der Waals surface area contributed by atoms with Gasteiger partial charge in [-0.25, -0.2) is 15.0 Å². The molecule has 0 unspecified atom stereocenters. The molecule has 5 heterocycles. The van der Waals surface area contributed by atoms with Crippen LogP contribution in [0.1, 0.15) is 35.7 Å². The smallest absolute Gasteiger partial charge is 0.305 e. The van der Waals surface area contributed by atoms with Crippen LogP contribution in [0.4, 0.5) is 5.82 Å². The number of aromatic nitrogens is 6. The monoisotopic (exact) mass is 495 g/mol. The van der Waals surface area contributed by atoms with Gasteiger partial charge in [0, 0.05) is 42.6 Å². The predicted molar refractivity (Wildman–Crippen MR) is 138 cm³/mol. The summed E-state index contributed by atoms with van der Waals surface area (Å²) in [7, 11) is 0. The highest BCUT2D eigenvalue weighted by atomic mass is 16.5. The first-order chi connectivity index (χ1) is 18.1. The van der Waals surface area contributed by atoms with Crippen LogP contribution in [0.5, 0.6) is 5.75 Å². The Morgan fingerprint density at radius 2 is 2.03 bits per heavy atom. The highest BCUT2D eigenvalue weighted by Gasteiger charge is 2.22. The molecule has 0 bridgehead atoms. The van der Waals surface area contributed by atoms with Gasteiger partial charge in [-0.1, -0.05) is 6.07 Å². The van der Waals surface area contributed by atoms with Crippen molar-refractivity contribution in [2.45, 2.75) is 31.7 Å². The average molecular weight is 496 g/mol. The van der Waals surface area contributed by atoms with Gasteiger partial charge in [-0.15, -0.1) is 0 Å². The number of pyridine rings is 2. The Morgan fingerprint density at radius 3 is 2.95 bits per heavy atom. The lowest BCUT2D eigenvalue weighted by Crippen LogP contribution is -2.16. The normalized spacial score (nSPS) is 13.7. The van der Waals surface area contributed by atoms with Gasteiger partial charge in [-0.2, -0.15) is 5.10 Å². The summed E-state index contributed by atoms with van der Waals surface area (Å²) in [6.45, 7) is 1.46. The van der Waals surface area contributed by atoms with Crippen LogP contribution in [-0.4, -0.2) is 53.9 Å². The number of ether oxygens (including phenoxy) is 1. The maximum atomic E-state index is 11.7. The lowest BCUT2D eigenvalue weighted by molar-refractivity contribution is -0.137. The van der Waals surface area contributed by atoms with E-state index >= 15 is 0 Å². The van der Waals surface area contributed by atoms with Gasteiger partial charge in [0.15, 0.2) is 5.65 Å². The quantitative estimate of drug-likeness (QED) is 0.330. The van der Waals surface area contributed by atoms with Crippen LogP contribution in [0.15, 0.2) is 61.2 Å². The van der Waals surface area contributed by atoms with E-state index in [4.69, 9.17) is 9.72 Å². The third-order valence-electron chi connectivity index (χ3n) is 6.54.